The second-order valence-corrected chi connectivity index (χ2v) is 5.35. The normalized spacial score (nSPS) is 10.6. The molecule has 2 aromatic carbocycles. The fraction of sp³-hybridized carbons (Fsp3) is 0.0625. The predicted octanol–water partition coefficient (Wildman–Crippen LogP) is 3.72. The second-order valence-electron chi connectivity index (χ2n) is 4.60. The molecule has 3 aromatic rings. The molecule has 0 N–H and O–H groups in total. The van der Waals surface area contributed by atoms with Crippen LogP contribution in [0, 0.1) is 0 Å². The number of halogens is 1. The average Bonchev–Trinajstić information content (AvgIpc) is 3.00. The molecule has 0 spiro atoms. The molecule has 0 saturated carbocycles. The van der Waals surface area contributed by atoms with E-state index in [1.54, 1.807) is 24.3 Å². The van der Waals surface area contributed by atoms with Crippen molar-refractivity contribution in [3.05, 3.63) is 71.0 Å². The highest BCUT2D eigenvalue weighted by molar-refractivity contribution is 7.79. The van der Waals surface area contributed by atoms with Crippen LogP contribution < -0.4 is 0 Å². The van der Waals surface area contributed by atoms with Gasteiger partial charge in [0.25, 0.3) is 5.91 Å². The number of hydrogen-bond acceptors (Lipinski definition) is 4. The minimum atomic E-state index is -0.254. The van der Waals surface area contributed by atoms with Gasteiger partial charge in [0.1, 0.15) is 5.82 Å². The summed E-state index contributed by atoms with van der Waals surface area (Å²) < 4.78 is 1.29. The lowest BCUT2D eigenvalue weighted by atomic mass is 10.2. The maximum Gasteiger partial charge on any atom is 0.279 e. The molecule has 0 bridgehead atoms. The summed E-state index contributed by atoms with van der Waals surface area (Å²) in [7, 11) is 0. The molecule has 22 heavy (non-hydrogen) atoms. The molecule has 110 valence electrons. The van der Waals surface area contributed by atoms with Crippen LogP contribution in [-0.4, -0.2) is 20.7 Å². The van der Waals surface area contributed by atoms with Crippen LogP contribution in [-0.2, 0) is 5.75 Å². The van der Waals surface area contributed by atoms with Crippen molar-refractivity contribution in [3.8, 4) is 11.4 Å². The SMILES string of the molecule is O=C(c1ccc(Cl)cc1)n1nc(-c2ccccc2)nc1CS. The van der Waals surface area contributed by atoms with Crippen LogP contribution in [0.5, 0.6) is 0 Å². The topological polar surface area (TPSA) is 47.8 Å². The largest absolute Gasteiger partial charge is 0.279 e. The van der Waals surface area contributed by atoms with Gasteiger partial charge in [-0.15, -0.1) is 5.10 Å². The third kappa shape index (κ3) is 2.91. The van der Waals surface area contributed by atoms with E-state index < -0.39 is 0 Å². The Morgan fingerprint density at radius 3 is 2.41 bits per heavy atom. The van der Waals surface area contributed by atoms with Crippen molar-refractivity contribution in [3.63, 3.8) is 0 Å². The zero-order valence-corrected chi connectivity index (χ0v) is 13.1. The van der Waals surface area contributed by atoms with Gasteiger partial charge in [-0.05, 0) is 24.3 Å². The van der Waals surface area contributed by atoms with Gasteiger partial charge in [0.2, 0.25) is 0 Å². The van der Waals surface area contributed by atoms with Crippen molar-refractivity contribution >= 4 is 30.1 Å². The monoisotopic (exact) mass is 329 g/mol. The van der Waals surface area contributed by atoms with E-state index >= 15 is 0 Å². The van der Waals surface area contributed by atoms with Gasteiger partial charge >= 0.3 is 0 Å². The number of benzene rings is 2. The van der Waals surface area contributed by atoms with Crippen LogP contribution >= 0.6 is 24.2 Å². The van der Waals surface area contributed by atoms with E-state index in [9.17, 15) is 4.79 Å². The molecule has 0 amide bonds. The van der Waals surface area contributed by atoms with Gasteiger partial charge in [-0.25, -0.2) is 4.98 Å². The van der Waals surface area contributed by atoms with Crippen LogP contribution in [0.2, 0.25) is 5.02 Å². The third-order valence-corrected chi connectivity index (χ3v) is 3.67. The molecular formula is C16H12ClN3OS. The lowest BCUT2D eigenvalue weighted by Crippen LogP contribution is -2.16. The quantitative estimate of drug-likeness (QED) is 0.745. The first-order chi connectivity index (χ1) is 10.7. The molecular weight excluding hydrogens is 318 g/mol. The van der Waals surface area contributed by atoms with Gasteiger partial charge in [0.15, 0.2) is 5.82 Å². The van der Waals surface area contributed by atoms with E-state index in [1.807, 2.05) is 30.3 Å². The number of hydrogen-bond donors (Lipinski definition) is 1. The minimum Gasteiger partial charge on any atom is -0.267 e. The van der Waals surface area contributed by atoms with E-state index in [2.05, 4.69) is 22.7 Å². The van der Waals surface area contributed by atoms with Crippen molar-refractivity contribution in [2.75, 3.05) is 0 Å². The summed E-state index contributed by atoms with van der Waals surface area (Å²) in [6.45, 7) is 0. The number of thiol groups is 1. The molecule has 0 aliphatic heterocycles. The molecule has 6 heteroatoms. The first kappa shape index (κ1) is 14.8. The zero-order valence-electron chi connectivity index (χ0n) is 11.5. The van der Waals surface area contributed by atoms with Crippen molar-refractivity contribution < 1.29 is 4.79 Å². The average molecular weight is 330 g/mol. The molecule has 0 unspecified atom stereocenters. The Kier molecular flexibility index (Phi) is 4.27. The molecule has 4 nitrogen and oxygen atoms in total. The molecule has 0 aliphatic carbocycles. The highest BCUT2D eigenvalue weighted by Crippen LogP contribution is 2.17. The van der Waals surface area contributed by atoms with Gasteiger partial charge in [-0.3, -0.25) is 4.79 Å². The summed E-state index contributed by atoms with van der Waals surface area (Å²) in [5, 5.41) is 4.90. The van der Waals surface area contributed by atoms with E-state index in [1.165, 1.54) is 4.68 Å². The Hall–Kier alpha value is -2.11. The van der Waals surface area contributed by atoms with Gasteiger partial charge < -0.3 is 0 Å². The second kappa shape index (κ2) is 6.34. The standard InChI is InChI=1S/C16H12ClN3OS/c17-13-8-6-12(7-9-13)16(21)20-14(10-22)18-15(19-20)11-4-2-1-3-5-11/h1-9,22H,10H2. The van der Waals surface area contributed by atoms with Crippen molar-refractivity contribution in [1.82, 2.24) is 14.8 Å². The van der Waals surface area contributed by atoms with Gasteiger partial charge in [0, 0.05) is 16.1 Å². The molecule has 0 atom stereocenters. The molecule has 0 fully saturated rings. The van der Waals surface area contributed by atoms with Gasteiger partial charge in [-0.2, -0.15) is 17.3 Å². The summed E-state index contributed by atoms with van der Waals surface area (Å²) in [5.41, 5.74) is 1.35. The predicted molar refractivity (Wildman–Crippen MR) is 89.3 cm³/mol. The van der Waals surface area contributed by atoms with E-state index in [0.717, 1.165) is 5.56 Å². The summed E-state index contributed by atoms with van der Waals surface area (Å²) >= 11 is 10.1. The Morgan fingerprint density at radius 1 is 1.09 bits per heavy atom. The Balaban J connectivity index is 2.01. The van der Waals surface area contributed by atoms with Crippen LogP contribution in [0.15, 0.2) is 54.6 Å². The Morgan fingerprint density at radius 2 is 1.77 bits per heavy atom. The van der Waals surface area contributed by atoms with Crippen LogP contribution in [0.3, 0.4) is 0 Å². The third-order valence-electron chi connectivity index (χ3n) is 3.13. The van der Waals surface area contributed by atoms with Crippen LogP contribution in [0.4, 0.5) is 0 Å². The number of rotatable bonds is 3. The van der Waals surface area contributed by atoms with Gasteiger partial charge in [-0.1, -0.05) is 41.9 Å². The fourth-order valence-corrected chi connectivity index (χ4v) is 2.36. The lowest BCUT2D eigenvalue weighted by Gasteiger charge is -2.02. The minimum absolute atomic E-state index is 0.254. The molecule has 1 aromatic heterocycles. The number of carbonyl (C=O) groups is 1. The molecule has 0 aliphatic rings. The first-order valence-electron chi connectivity index (χ1n) is 6.61. The number of aromatic nitrogens is 3. The fourth-order valence-electron chi connectivity index (χ4n) is 2.03. The van der Waals surface area contributed by atoms with E-state index in [-0.39, 0.29) is 5.91 Å². The smallest absolute Gasteiger partial charge is 0.267 e. The summed E-state index contributed by atoms with van der Waals surface area (Å²) in [6, 6.07) is 16.2. The molecule has 0 saturated heterocycles. The Bertz CT molecular complexity index is 800. The van der Waals surface area contributed by atoms with Crippen LogP contribution in [0.1, 0.15) is 16.2 Å². The summed E-state index contributed by atoms with van der Waals surface area (Å²) in [6.07, 6.45) is 0. The number of nitrogens with zero attached hydrogens (tertiary/aromatic N) is 3. The molecule has 0 radical (unpaired) electrons. The van der Waals surface area contributed by atoms with Crippen LogP contribution in [0.25, 0.3) is 11.4 Å². The van der Waals surface area contributed by atoms with Gasteiger partial charge in [0.05, 0.1) is 5.75 Å². The molecule has 1 heterocycles. The van der Waals surface area contributed by atoms with Crippen molar-refractivity contribution in [2.45, 2.75) is 5.75 Å². The number of carbonyl (C=O) groups excluding carboxylic acids is 1. The first-order valence-corrected chi connectivity index (χ1v) is 7.62. The lowest BCUT2D eigenvalue weighted by molar-refractivity contribution is 0.0942. The zero-order chi connectivity index (χ0) is 15.5. The summed E-state index contributed by atoms with van der Waals surface area (Å²) in [5.74, 6) is 1.07. The maximum absolute atomic E-state index is 12.6. The maximum atomic E-state index is 12.6. The van der Waals surface area contributed by atoms with E-state index in [0.29, 0.717) is 28.0 Å². The highest BCUT2D eigenvalue weighted by Gasteiger charge is 2.17. The van der Waals surface area contributed by atoms with Crippen molar-refractivity contribution in [1.29, 1.82) is 0 Å². The highest BCUT2D eigenvalue weighted by atomic mass is 35.5. The van der Waals surface area contributed by atoms with E-state index in [4.69, 9.17) is 11.6 Å². The van der Waals surface area contributed by atoms with Crippen molar-refractivity contribution in [2.24, 2.45) is 0 Å². The Labute approximate surface area is 138 Å². The molecule has 3 rings (SSSR count). The summed E-state index contributed by atoms with van der Waals surface area (Å²) in [4.78, 5) is 17.0.